The summed E-state index contributed by atoms with van der Waals surface area (Å²) in [4.78, 5) is 0.585. The van der Waals surface area contributed by atoms with E-state index in [1.54, 1.807) is 0 Å². The third kappa shape index (κ3) is 1.80. The van der Waals surface area contributed by atoms with Gasteiger partial charge < -0.3 is 4.42 Å². The van der Waals surface area contributed by atoms with Crippen LogP contribution in [0.15, 0.2) is 34.7 Å². The van der Waals surface area contributed by atoms with Crippen LogP contribution in [0.2, 0.25) is 0 Å². The van der Waals surface area contributed by atoms with Gasteiger partial charge in [-0.2, -0.15) is 0 Å². The molecule has 1 fully saturated rings. The fraction of sp³-hybridized carbons (Fsp3) is 0.429. The number of rotatable bonds is 1. The van der Waals surface area contributed by atoms with Crippen LogP contribution in [0.1, 0.15) is 37.4 Å². The fourth-order valence-corrected chi connectivity index (χ4v) is 3.44. The number of benzene rings is 1. The number of para-hydroxylation sites is 1. The molecule has 1 aliphatic carbocycles. The van der Waals surface area contributed by atoms with Gasteiger partial charge in [-0.05, 0) is 25.0 Å². The molecular weight excluding hydrogens is 264 g/mol. The van der Waals surface area contributed by atoms with Crippen molar-refractivity contribution in [3.05, 3.63) is 36.1 Å². The van der Waals surface area contributed by atoms with Gasteiger partial charge in [0.1, 0.15) is 11.3 Å². The van der Waals surface area contributed by atoms with Crippen molar-refractivity contribution in [3.8, 4) is 0 Å². The molecule has 0 N–H and O–H groups in total. The molecule has 16 heavy (non-hydrogen) atoms. The van der Waals surface area contributed by atoms with Gasteiger partial charge in [0, 0.05) is 16.1 Å². The van der Waals surface area contributed by atoms with E-state index in [4.69, 9.17) is 4.42 Å². The molecule has 0 aliphatic heterocycles. The Morgan fingerprint density at radius 3 is 2.75 bits per heavy atom. The van der Waals surface area contributed by atoms with E-state index in [9.17, 15) is 0 Å². The van der Waals surface area contributed by atoms with Crippen LogP contribution in [0.3, 0.4) is 0 Å². The third-order valence-electron chi connectivity index (χ3n) is 3.49. The normalized spacial score (nSPS) is 26.1. The summed E-state index contributed by atoms with van der Waals surface area (Å²) in [6.45, 7) is 0. The molecule has 1 aliphatic rings. The van der Waals surface area contributed by atoms with Crippen molar-refractivity contribution in [2.24, 2.45) is 0 Å². The molecule has 1 saturated carbocycles. The lowest BCUT2D eigenvalue weighted by Gasteiger charge is -2.25. The lowest BCUT2D eigenvalue weighted by Crippen LogP contribution is -2.16. The summed E-state index contributed by atoms with van der Waals surface area (Å²) in [5, 5.41) is 1.22. The minimum atomic E-state index is 0.557. The highest BCUT2D eigenvalue weighted by Gasteiger charge is 2.26. The summed E-state index contributed by atoms with van der Waals surface area (Å²) in [6.07, 6.45) is 5.17. The van der Waals surface area contributed by atoms with E-state index in [1.165, 1.54) is 31.1 Å². The number of furan rings is 1. The second-order valence-electron chi connectivity index (χ2n) is 4.59. The molecular formula is C14H15BrO. The standard InChI is InChI=1S/C14H15BrO/c15-12-7-3-2-6-11(12)14-9-10-5-1-4-8-13(10)16-14/h1,4-5,8-9,11-12H,2-3,6-7H2. The van der Waals surface area contributed by atoms with Crippen LogP contribution in [0.5, 0.6) is 0 Å². The number of fused-ring (bicyclic) bond motifs is 1. The molecule has 0 saturated heterocycles. The molecule has 3 rings (SSSR count). The molecule has 0 amide bonds. The monoisotopic (exact) mass is 278 g/mol. The van der Waals surface area contributed by atoms with Crippen molar-refractivity contribution in [2.75, 3.05) is 0 Å². The second-order valence-corrected chi connectivity index (χ2v) is 5.77. The lowest BCUT2D eigenvalue weighted by molar-refractivity contribution is 0.398. The van der Waals surface area contributed by atoms with Gasteiger partial charge in [-0.15, -0.1) is 0 Å². The zero-order chi connectivity index (χ0) is 11.0. The molecule has 2 atom stereocenters. The Hall–Kier alpha value is -0.760. The van der Waals surface area contributed by atoms with E-state index in [-0.39, 0.29) is 0 Å². The zero-order valence-corrected chi connectivity index (χ0v) is 10.7. The van der Waals surface area contributed by atoms with E-state index < -0.39 is 0 Å². The van der Waals surface area contributed by atoms with E-state index in [1.807, 2.05) is 12.1 Å². The third-order valence-corrected chi connectivity index (χ3v) is 4.59. The predicted octanol–water partition coefficient (Wildman–Crippen LogP) is 4.85. The van der Waals surface area contributed by atoms with Gasteiger partial charge in [-0.3, -0.25) is 0 Å². The Bertz CT molecular complexity index is 455. The molecule has 0 bridgehead atoms. The molecule has 2 aromatic rings. The van der Waals surface area contributed by atoms with E-state index in [0.717, 1.165) is 11.3 Å². The Balaban J connectivity index is 1.98. The van der Waals surface area contributed by atoms with Gasteiger partial charge in [0.25, 0.3) is 0 Å². The first-order valence-corrected chi connectivity index (χ1v) is 6.89. The minimum Gasteiger partial charge on any atom is -0.461 e. The smallest absolute Gasteiger partial charge is 0.134 e. The first-order chi connectivity index (χ1) is 7.84. The van der Waals surface area contributed by atoms with Gasteiger partial charge in [0.05, 0.1) is 0 Å². The maximum atomic E-state index is 5.95. The highest BCUT2D eigenvalue weighted by atomic mass is 79.9. The van der Waals surface area contributed by atoms with E-state index >= 15 is 0 Å². The molecule has 1 aromatic heterocycles. The van der Waals surface area contributed by atoms with Gasteiger partial charge in [0.15, 0.2) is 0 Å². The van der Waals surface area contributed by atoms with E-state index in [2.05, 4.69) is 34.1 Å². The van der Waals surface area contributed by atoms with E-state index in [0.29, 0.717) is 10.7 Å². The molecule has 1 aromatic carbocycles. The predicted molar refractivity (Wildman–Crippen MR) is 70.1 cm³/mol. The van der Waals surface area contributed by atoms with Crippen LogP contribution in [0.25, 0.3) is 11.0 Å². The summed E-state index contributed by atoms with van der Waals surface area (Å²) >= 11 is 3.79. The summed E-state index contributed by atoms with van der Waals surface area (Å²) in [6, 6.07) is 10.5. The van der Waals surface area contributed by atoms with Crippen molar-refractivity contribution in [2.45, 2.75) is 36.4 Å². The highest BCUT2D eigenvalue weighted by Crippen LogP contribution is 2.39. The van der Waals surface area contributed by atoms with Gasteiger partial charge in [-0.1, -0.05) is 47.0 Å². The van der Waals surface area contributed by atoms with Gasteiger partial charge in [0.2, 0.25) is 0 Å². The molecule has 0 radical (unpaired) electrons. The van der Waals surface area contributed by atoms with Crippen LogP contribution in [-0.2, 0) is 0 Å². The lowest BCUT2D eigenvalue weighted by atomic mass is 9.87. The Morgan fingerprint density at radius 2 is 1.94 bits per heavy atom. The topological polar surface area (TPSA) is 13.1 Å². The summed E-state index contributed by atoms with van der Waals surface area (Å²) in [5.41, 5.74) is 1.02. The quantitative estimate of drug-likeness (QED) is 0.680. The number of hydrogen-bond acceptors (Lipinski definition) is 1. The van der Waals surface area contributed by atoms with Crippen LogP contribution in [0.4, 0.5) is 0 Å². The van der Waals surface area contributed by atoms with Crippen molar-refractivity contribution in [1.29, 1.82) is 0 Å². The van der Waals surface area contributed by atoms with Crippen LogP contribution >= 0.6 is 15.9 Å². The highest BCUT2D eigenvalue weighted by molar-refractivity contribution is 9.09. The number of alkyl halides is 1. The first-order valence-electron chi connectivity index (χ1n) is 5.97. The van der Waals surface area contributed by atoms with Crippen molar-refractivity contribution >= 4 is 26.9 Å². The summed E-state index contributed by atoms with van der Waals surface area (Å²) < 4.78 is 5.95. The molecule has 1 nitrogen and oxygen atoms in total. The minimum absolute atomic E-state index is 0.557. The van der Waals surface area contributed by atoms with Gasteiger partial charge >= 0.3 is 0 Å². The number of halogens is 1. The second kappa shape index (κ2) is 4.25. The first kappa shape index (κ1) is 10.4. The van der Waals surface area contributed by atoms with Crippen LogP contribution in [0, 0.1) is 0 Å². The average Bonchev–Trinajstić information content (AvgIpc) is 2.73. The maximum absolute atomic E-state index is 5.95. The average molecular weight is 279 g/mol. The Labute approximate surface area is 104 Å². The SMILES string of the molecule is BrC1CCCCC1c1cc2ccccc2o1. The summed E-state index contributed by atoms with van der Waals surface area (Å²) in [7, 11) is 0. The zero-order valence-electron chi connectivity index (χ0n) is 9.16. The van der Waals surface area contributed by atoms with Crippen molar-refractivity contribution in [1.82, 2.24) is 0 Å². The molecule has 0 spiro atoms. The molecule has 2 heteroatoms. The van der Waals surface area contributed by atoms with Crippen LogP contribution < -0.4 is 0 Å². The largest absolute Gasteiger partial charge is 0.461 e. The molecule has 84 valence electrons. The molecule has 1 heterocycles. The van der Waals surface area contributed by atoms with Gasteiger partial charge in [-0.25, -0.2) is 0 Å². The molecule has 2 unspecified atom stereocenters. The Morgan fingerprint density at radius 1 is 1.12 bits per heavy atom. The maximum Gasteiger partial charge on any atom is 0.134 e. The van der Waals surface area contributed by atoms with Crippen molar-refractivity contribution in [3.63, 3.8) is 0 Å². The van der Waals surface area contributed by atoms with Crippen molar-refractivity contribution < 1.29 is 4.42 Å². The van der Waals surface area contributed by atoms with Crippen LogP contribution in [-0.4, -0.2) is 4.83 Å². The number of hydrogen-bond donors (Lipinski definition) is 0. The fourth-order valence-electron chi connectivity index (χ4n) is 2.59. The summed E-state index contributed by atoms with van der Waals surface area (Å²) in [5.74, 6) is 1.71. The Kier molecular flexibility index (Phi) is 2.76.